The van der Waals surface area contributed by atoms with Gasteiger partial charge in [0.25, 0.3) is 5.91 Å². The van der Waals surface area contributed by atoms with E-state index in [-0.39, 0.29) is 17.8 Å². The number of hydrogen-bond acceptors (Lipinski definition) is 1. The predicted molar refractivity (Wildman–Crippen MR) is 77.1 cm³/mol. The summed E-state index contributed by atoms with van der Waals surface area (Å²) < 4.78 is 13.1. The highest BCUT2D eigenvalue weighted by molar-refractivity contribution is 5.98. The minimum Gasteiger partial charge on any atom is -0.350 e. The number of nitrogens with one attached hydrogen (secondary N) is 2. The number of carbonyl (C=O) groups is 1. The van der Waals surface area contributed by atoms with Crippen molar-refractivity contribution in [1.29, 1.82) is 0 Å². The molecule has 0 unspecified atom stereocenters. The second-order valence-corrected chi connectivity index (χ2v) is 5.84. The minimum absolute atomic E-state index is 0.0961. The predicted octanol–water partition coefficient (Wildman–Crippen LogP) is 3.62. The summed E-state index contributed by atoms with van der Waals surface area (Å²) in [7, 11) is 0. The topological polar surface area (TPSA) is 44.9 Å². The normalized spacial score (nSPS) is 22.9. The zero-order valence-corrected chi connectivity index (χ0v) is 11.6. The molecule has 2 N–H and O–H groups in total. The molecule has 0 saturated heterocycles. The maximum absolute atomic E-state index is 13.1. The number of H-pyrrole nitrogens is 1. The SMILES string of the molecule is CC1CCC(NC(=O)c2cc3ccc(F)cc3[nH]2)CC1. The molecular weight excluding hydrogens is 255 g/mol. The summed E-state index contributed by atoms with van der Waals surface area (Å²) in [5.74, 6) is 0.368. The van der Waals surface area contributed by atoms with Crippen molar-refractivity contribution in [1.82, 2.24) is 10.3 Å². The van der Waals surface area contributed by atoms with E-state index >= 15 is 0 Å². The number of carbonyl (C=O) groups excluding carboxylic acids is 1. The van der Waals surface area contributed by atoms with Crippen LogP contribution in [0.5, 0.6) is 0 Å². The van der Waals surface area contributed by atoms with Gasteiger partial charge >= 0.3 is 0 Å². The zero-order chi connectivity index (χ0) is 14.1. The Morgan fingerprint density at radius 2 is 2.00 bits per heavy atom. The minimum atomic E-state index is -0.299. The van der Waals surface area contributed by atoms with Crippen molar-refractivity contribution in [2.75, 3.05) is 0 Å². The van der Waals surface area contributed by atoms with E-state index in [4.69, 9.17) is 0 Å². The molecular formula is C16H19FN2O. The molecule has 0 atom stereocenters. The van der Waals surface area contributed by atoms with Crippen molar-refractivity contribution in [2.45, 2.75) is 38.6 Å². The Morgan fingerprint density at radius 1 is 1.25 bits per heavy atom. The van der Waals surface area contributed by atoms with Crippen LogP contribution in [0.1, 0.15) is 43.1 Å². The summed E-state index contributed by atoms with van der Waals surface area (Å²) in [6.07, 6.45) is 4.43. The molecule has 1 aromatic heterocycles. The number of amides is 1. The van der Waals surface area contributed by atoms with Crippen molar-refractivity contribution >= 4 is 16.8 Å². The zero-order valence-electron chi connectivity index (χ0n) is 11.6. The van der Waals surface area contributed by atoms with E-state index < -0.39 is 0 Å². The van der Waals surface area contributed by atoms with Gasteiger partial charge < -0.3 is 10.3 Å². The van der Waals surface area contributed by atoms with Crippen LogP contribution in [0, 0.1) is 11.7 Å². The second-order valence-electron chi connectivity index (χ2n) is 5.84. The van der Waals surface area contributed by atoms with Gasteiger partial charge in [0, 0.05) is 16.9 Å². The lowest BCUT2D eigenvalue weighted by Gasteiger charge is -2.26. The largest absolute Gasteiger partial charge is 0.350 e. The molecule has 0 spiro atoms. The molecule has 4 heteroatoms. The van der Waals surface area contributed by atoms with Crippen molar-refractivity contribution in [3.8, 4) is 0 Å². The number of aromatic amines is 1. The third kappa shape index (κ3) is 2.69. The summed E-state index contributed by atoms with van der Waals surface area (Å²) >= 11 is 0. The molecule has 0 radical (unpaired) electrons. The second kappa shape index (κ2) is 5.27. The van der Waals surface area contributed by atoms with Gasteiger partial charge in [0.15, 0.2) is 0 Å². The monoisotopic (exact) mass is 274 g/mol. The van der Waals surface area contributed by atoms with Crippen LogP contribution in [-0.4, -0.2) is 16.9 Å². The summed E-state index contributed by atoms with van der Waals surface area (Å²) in [4.78, 5) is 15.2. The standard InChI is InChI=1S/C16H19FN2O/c1-10-2-6-13(7-3-10)18-16(20)15-8-11-4-5-12(17)9-14(11)19-15/h4-5,8-10,13,19H,2-3,6-7H2,1H3,(H,18,20). The van der Waals surface area contributed by atoms with Gasteiger partial charge in [0.2, 0.25) is 0 Å². The Labute approximate surface area is 117 Å². The highest BCUT2D eigenvalue weighted by Gasteiger charge is 2.20. The number of halogens is 1. The molecule has 1 heterocycles. The molecule has 1 saturated carbocycles. The Morgan fingerprint density at radius 3 is 2.75 bits per heavy atom. The Balaban J connectivity index is 1.72. The number of benzene rings is 1. The van der Waals surface area contributed by atoms with Crippen LogP contribution in [0.25, 0.3) is 10.9 Å². The molecule has 1 fully saturated rings. The summed E-state index contributed by atoms with van der Waals surface area (Å²) in [6.45, 7) is 2.25. The highest BCUT2D eigenvalue weighted by Crippen LogP contribution is 2.24. The molecule has 3 nitrogen and oxygen atoms in total. The summed E-state index contributed by atoms with van der Waals surface area (Å²) in [5, 5.41) is 3.92. The molecule has 0 aliphatic heterocycles. The summed E-state index contributed by atoms with van der Waals surface area (Å²) in [5.41, 5.74) is 1.16. The average Bonchev–Trinajstić information content (AvgIpc) is 2.84. The van der Waals surface area contributed by atoms with Gasteiger partial charge in [-0.25, -0.2) is 4.39 Å². The molecule has 106 valence electrons. The van der Waals surface area contributed by atoms with Crippen LogP contribution in [0.3, 0.4) is 0 Å². The van der Waals surface area contributed by atoms with Gasteiger partial charge in [0.05, 0.1) is 0 Å². The summed E-state index contributed by atoms with van der Waals surface area (Å²) in [6, 6.07) is 6.53. The Bertz CT molecular complexity index is 626. The van der Waals surface area contributed by atoms with Crippen LogP contribution < -0.4 is 5.32 Å². The van der Waals surface area contributed by atoms with Crippen LogP contribution in [0.2, 0.25) is 0 Å². The van der Waals surface area contributed by atoms with Gasteiger partial charge in [-0.3, -0.25) is 4.79 Å². The van der Waals surface area contributed by atoms with Gasteiger partial charge in [-0.1, -0.05) is 6.92 Å². The average molecular weight is 274 g/mol. The maximum atomic E-state index is 13.1. The molecule has 1 aliphatic rings. The molecule has 2 aromatic rings. The van der Waals surface area contributed by atoms with E-state index in [0.717, 1.165) is 24.1 Å². The first-order valence-corrected chi connectivity index (χ1v) is 7.21. The molecule has 3 rings (SSSR count). The van der Waals surface area contributed by atoms with E-state index in [0.29, 0.717) is 11.2 Å². The van der Waals surface area contributed by atoms with Gasteiger partial charge in [-0.05, 0) is 55.9 Å². The maximum Gasteiger partial charge on any atom is 0.267 e. The Kier molecular flexibility index (Phi) is 3.47. The molecule has 20 heavy (non-hydrogen) atoms. The smallest absolute Gasteiger partial charge is 0.267 e. The number of aromatic nitrogens is 1. The van der Waals surface area contributed by atoms with E-state index in [1.165, 1.54) is 25.0 Å². The fourth-order valence-electron chi connectivity index (χ4n) is 2.89. The van der Waals surface area contributed by atoms with E-state index in [9.17, 15) is 9.18 Å². The first-order valence-electron chi connectivity index (χ1n) is 7.21. The van der Waals surface area contributed by atoms with Crippen LogP contribution in [0.4, 0.5) is 4.39 Å². The van der Waals surface area contributed by atoms with Crippen LogP contribution in [0.15, 0.2) is 24.3 Å². The number of rotatable bonds is 2. The van der Waals surface area contributed by atoms with Crippen LogP contribution >= 0.6 is 0 Å². The molecule has 1 aromatic carbocycles. The van der Waals surface area contributed by atoms with Crippen molar-refractivity contribution in [3.05, 3.63) is 35.8 Å². The lowest BCUT2D eigenvalue weighted by atomic mass is 9.87. The fraction of sp³-hybridized carbons (Fsp3) is 0.438. The quantitative estimate of drug-likeness (QED) is 0.863. The van der Waals surface area contributed by atoms with Crippen molar-refractivity contribution < 1.29 is 9.18 Å². The fourth-order valence-corrected chi connectivity index (χ4v) is 2.89. The van der Waals surface area contributed by atoms with Gasteiger partial charge in [-0.2, -0.15) is 0 Å². The first-order chi connectivity index (χ1) is 9.61. The van der Waals surface area contributed by atoms with Crippen LogP contribution in [-0.2, 0) is 0 Å². The van der Waals surface area contributed by atoms with Crippen molar-refractivity contribution in [3.63, 3.8) is 0 Å². The lowest BCUT2D eigenvalue weighted by molar-refractivity contribution is 0.0919. The highest BCUT2D eigenvalue weighted by atomic mass is 19.1. The van der Waals surface area contributed by atoms with Gasteiger partial charge in [-0.15, -0.1) is 0 Å². The number of hydrogen-bond donors (Lipinski definition) is 2. The van der Waals surface area contributed by atoms with Gasteiger partial charge in [0.1, 0.15) is 11.5 Å². The van der Waals surface area contributed by atoms with E-state index in [1.54, 1.807) is 12.1 Å². The number of fused-ring (bicyclic) bond motifs is 1. The van der Waals surface area contributed by atoms with Crippen molar-refractivity contribution in [2.24, 2.45) is 5.92 Å². The first kappa shape index (κ1) is 13.2. The Hall–Kier alpha value is -1.84. The molecule has 1 aliphatic carbocycles. The molecule has 1 amide bonds. The van der Waals surface area contributed by atoms with E-state index in [1.807, 2.05) is 0 Å². The third-order valence-electron chi connectivity index (χ3n) is 4.18. The third-order valence-corrected chi connectivity index (χ3v) is 4.18. The lowest BCUT2D eigenvalue weighted by Crippen LogP contribution is -2.37. The molecule has 0 bridgehead atoms. The van der Waals surface area contributed by atoms with E-state index in [2.05, 4.69) is 17.2 Å².